The molecule has 39 heavy (non-hydrogen) atoms. The molecule has 1 aliphatic carbocycles. The second-order valence-electron chi connectivity index (χ2n) is 9.82. The largest absolute Gasteiger partial charge is 0.497 e. The number of ketones is 1. The maximum atomic E-state index is 14.2. The van der Waals surface area contributed by atoms with E-state index in [4.69, 9.17) is 14.2 Å². The van der Waals surface area contributed by atoms with Crippen LogP contribution >= 0.6 is 11.3 Å². The van der Waals surface area contributed by atoms with Crippen LogP contribution in [0.1, 0.15) is 65.9 Å². The van der Waals surface area contributed by atoms with Crippen molar-refractivity contribution in [2.75, 3.05) is 18.8 Å². The molecule has 204 valence electrons. The lowest BCUT2D eigenvalue weighted by Crippen LogP contribution is -2.48. The van der Waals surface area contributed by atoms with Crippen LogP contribution in [0.4, 0.5) is 5.69 Å². The predicted octanol–water partition coefficient (Wildman–Crippen LogP) is 5.45. The lowest BCUT2D eigenvalue weighted by molar-refractivity contribution is -0.127. The summed E-state index contributed by atoms with van der Waals surface area (Å²) < 4.78 is 16.6. The number of carbonyl (C=O) groups excluding carboxylic acids is 3. The number of hydrogen-bond donors (Lipinski definition) is 1. The van der Waals surface area contributed by atoms with Gasteiger partial charge in [0, 0.05) is 22.5 Å². The van der Waals surface area contributed by atoms with E-state index in [0.717, 1.165) is 37.0 Å². The average Bonchev–Trinajstić information content (AvgIpc) is 3.63. The number of methoxy groups -OCH3 is 1. The van der Waals surface area contributed by atoms with Crippen molar-refractivity contribution in [3.8, 4) is 17.2 Å². The van der Waals surface area contributed by atoms with Gasteiger partial charge in [-0.25, -0.2) is 0 Å². The summed E-state index contributed by atoms with van der Waals surface area (Å²) in [5, 5.41) is 5.11. The summed E-state index contributed by atoms with van der Waals surface area (Å²) in [6.07, 6.45) is 5.10. The Bertz CT molecular complexity index is 1350. The van der Waals surface area contributed by atoms with E-state index in [1.165, 1.54) is 23.2 Å². The highest BCUT2D eigenvalue weighted by molar-refractivity contribution is 7.10. The van der Waals surface area contributed by atoms with Gasteiger partial charge < -0.3 is 19.5 Å². The van der Waals surface area contributed by atoms with Crippen LogP contribution in [-0.2, 0) is 16.0 Å². The number of thiophene rings is 1. The summed E-state index contributed by atoms with van der Waals surface area (Å²) in [4.78, 5) is 43.6. The molecule has 1 aliphatic heterocycles. The van der Waals surface area contributed by atoms with E-state index in [0.29, 0.717) is 28.5 Å². The summed E-state index contributed by atoms with van der Waals surface area (Å²) in [6, 6.07) is 13.1. The molecule has 9 heteroatoms. The van der Waals surface area contributed by atoms with E-state index >= 15 is 0 Å². The van der Waals surface area contributed by atoms with Crippen LogP contribution in [-0.4, -0.2) is 37.5 Å². The zero-order chi connectivity index (χ0) is 27.4. The van der Waals surface area contributed by atoms with Crippen molar-refractivity contribution in [1.29, 1.82) is 0 Å². The molecule has 2 amide bonds. The summed E-state index contributed by atoms with van der Waals surface area (Å²) in [6.45, 7) is 1.45. The molecule has 0 spiro atoms. The zero-order valence-electron chi connectivity index (χ0n) is 22.1. The summed E-state index contributed by atoms with van der Waals surface area (Å²) in [5.41, 5.74) is 1.16. The van der Waals surface area contributed by atoms with E-state index in [1.807, 2.05) is 17.5 Å². The van der Waals surface area contributed by atoms with E-state index in [9.17, 15) is 14.4 Å². The normalized spacial score (nSPS) is 15.4. The Morgan fingerprint density at radius 3 is 2.51 bits per heavy atom. The van der Waals surface area contributed by atoms with Gasteiger partial charge >= 0.3 is 0 Å². The first-order valence-electron chi connectivity index (χ1n) is 13.2. The van der Waals surface area contributed by atoms with E-state index in [-0.39, 0.29) is 42.4 Å². The fraction of sp³-hybridized carbons (Fsp3) is 0.367. The topological polar surface area (TPSA) is 94.2 Å². The summed E-state index contributed by atoms with van der Waals surface area (Å²) in [7, 11) is 1.56. The number of nitrogens with zero attached hydrogens (tertiary/aromatic N) is 1. The third-order valence-electron chi connectivity index (χ3n) is 7.17. The fourth-order valence-electron chi connectivity index (χ4n) is 5.23. The monoisotopic (exact) mass is 548 g/mol. The van der Waals surface area contributed by atoms with Gasteiger partial charge in [-0.15, -0.1) is 11.3 Å². The van der Waals surface area contributed by atoms with Crippen LogP contribution in [0.25, 0.3) is 0 Å². The maximum absolute atomic E-state index is 14.2. The number of amides is 2. The number of Topliss-reactive ketones (excluding diaryl/α,β-unsaturated/α-hetero) is 1. The van der Waals surface area contributed by atoms with Gasteiger partial charge in [-0.05, 0) is 55.0 Å². The third kappa shape index (κ3) is 5.93. The minimum atomic E-state index is -1.05. The molecule has 0 saturated heterocycles. The molecule has 2 aliphatic rings. The number of carbonyl (C=O) groups is 3. The molecule has 2 heterocycles. The smallest absolute Gasteiger partial charge is 0.248 e. The molecule has 5 rings (SSSR count). The molecule has 0 unspecified atom stereocenters. The van der Waals surface area contributed by atoms with Crippen molar-refractivity contribution >= 4 is 34.6 Å². The number of hydrogen-bond acceptors (Lipinski definition) is 7. The summed E-state index contributed by atoms with van der Waals surface area (Å²) in [5.74, 6) is 0.535. The number of anilines is 1. The van der Waals surface area contributed by atoms with Gasteiger partial charge in [0.2, 0.25) is 18.6 Å². The van der Waals surface area contributed by atoms with Crippen LogP contribution < -0.4 is 24.4 Å². The Labute approximate surface area is 231 Å². The fourth-order valence-corrected chi connectivity index (χ4v) is 5.93. The molecule has 2 aromatic carbocycles. The van der Waals surface area contributed by atoms with Crippen LogP contribution in [0, 0.1) is 0 Å². The Hall–Kier alpha value is -3.85. The van der Waals surface area contributed by atoms with Gasteiger partial charge in [0.1, 0.15) is 11.8 Å². The van der Waals surface area contributed by atoms with Crippen molar-refractivity contribution in [3.63, 3.8) is 0 Å². The molecule has 0 bridgehead atoms. The second-order valence-corrected chi connectivity index (χ2v) is 10.9. The molecular formula is C30H32N2O6S. The maximum Gasteiger partial charge on any atom is 0.248 e. The van der Waals surface area contributed by atoms with Gasteiger partial charge in [-0.3, -0.25) is 19.3 Å². The molecule has 1 aromatic heterocycles. The predicted molar refractivity (Wildman–Crippen MR) is 149 cm³/mol. The molecule has 1 N–H and O–H groups in total. The molecular weight excluding hydrogens is 516 g/mol. The minimum Gasteiger partial charge on any atom is -0.497 e. The number of fused-ring (bicyclic) bond motifs is 1. The summed E-state index contributed by atoms with van der Waals surface area (Å²) >= 11 is 1.47. The van der Waals surface area contributed by atoms with Crippen LogP contribution in [0.3, 0.4) is 0 Å². The van der Waals surface area contributed by atoms with Crippen molar-refractivity contribution in [3.05, 3.63) is 69.9 Å². The number of rotatable bonds is 9. The first-order valence-corrected chi connectivity index (χ1v) is 14.1. The van der Waals surface area contributed by atoms with Gasteiger partial charge in [0.05, 0.1) is 19.2 Å². The average molecular weight is 549 g/mol. The van der Waals surface area contributed by atoms with Gasteiger partial charge in [-0.1, -0.05) is 37.5 Å². The molecule has 1 atom stereocenters. The van der Waals surface area contributed by atoms with Gasteiger partial charge in [-0.2, -0.15) is 0 Å². The number of benzene rings is 2. The van der Waals surface area contributed by atoms with Gasteiger partial charge in [0.15, 0.2) is 17.3 Å². The lowest BCUT2D eigenvalue weighted by atomic mass is 9.94. The zero-order valence-corrected chi connectivity index (χ0v) is 22.9. The number of ether oxygens (including phenoxy) is 3. The molecule has 1 saturated carbocycles. The highest BCUT2D eigenvalue weighted by atomic mass is 32.1. The van der Waals surface area contributed by atoms with Crippen molar-refractivity contribution in [1.82, 2.24) is 5.32 Å². The Morgan fingerprint density at radius 1 is 1.05 bits per heavy atom. The Morgan fingerprint density at radius 2 is 1.82 bits per heavy atom. The second kappa shape index (κ2) is 11.9. The van der Waals surface area contributed by atoms with Crippen molar-refractivity contribution < 1.29 is 28.6 Å². The van der Waals surface area contributed by atoms with E-state index in [1.54, 1.807) is 43.5 Å². The molecule has 3 aromatic rings. The number of nitrogens with one attached hydrogen (secondary N) is 1. The van der Waals surface area contributed by atoms with E-state index < -0.39 is 6.04 Å². The first-order chi connectivity index (χ1) is 18.9. The minimum absolute atomic E-state index is 0.0146. The Balaban J connectivity index is 1.66. The molecule has 0 radical (unpaired) electrons. The Kier molecular flexibility index (Phi) is 8.16. The van der Waals surface area contributed by atoms with Crippen molar-refractivity contribution in [2.45, 2.75) is 57.5 Å². The van der Waals surface area contributed by atoms with Crippen LogP contribution in [0.15, 0.2) is 53.9 Å². The van der Waals surface area contributed by atoms with Gasteiger partial charge in [0.25, 0.3) is 0 Å². The molecule has 8 nitrogen and oxygen atoms in total. The lowest BCUT2D eigenvalue weighted by Gasteiger charge is -2.34. The first kappa shape index (κ1) is 26.7. The highest BCUT2D eigenvalue weighted by Gasteiger charge is 2.37. The quantitative estimate of drug-likeness (QED) is 0.357. The highest BCUT2D eigenvalue weighted by Crippen LogP contribution is 2.42. The van der Waals surface area contributed by atoms with E-state index in [2.05, 4.69) is 5.32 Å². The SMILES string of the molecule is COc1cccc([C@H](C(=O)NC2CCCCC2)N(C(=O)Cc2cccs2)c2cc3c(cc2C(C)=O)OCO3)c1. The third-order valence-corrected chi connectivity index (χ3v) is 8.05. The van der Waals surface area contributed by atoms with Crippen LogP contribution in [0.2, 0.25) is 0 Å². The van der Waals surface area contributed by atoms with Crippen molar-refractivity contribution in [2.24, 2.45) is 0 Å². The molecule has 1 fully saturated rings. The van der Waals surface area contributed by atoms with Crippen LogP contribution in [0.5, 0.6) is 17.2 Å². The standard InChI is InChI=1S/C30H32N2O6S/c1-19(33)24-16-26-27(38-18-37-26)17-25(24)32(28(34)15-23-12-7-13-39-23)29(20-8-6-11-22(14-20)36-2)30(35)31-21-9-4-3-5-10-21/h6-8,11-14,16-17,21,29H,3-5,9-10,15,18H2,1-2H3,(H,31,35)/t29-/m1/s1.